The van der Waals surface area contributed by atoms with E-state index in [4.69, 9.17) is 16.7 Å². The van der Waals surface area contributed by atoms with Gasteiger partial charge in [0.25, 0.3) is 0 Å². The summed E-state index contributed by atoms with van der Waals surface area (Å²) in [7, 11) is 0. The third-order valence-electron chi connectivity index (χ3n) is 1.97. The molecule has 0 aliphatic heterocycles. The first-order valence-electron chi connectivity index (χ1n) is 4.71. The molecule has 0 saturated carbocycles. The van der Waals surface area contributed by atoms with Crippen molar-refractivity contribution in [3.8, 4) is 0 Å². The first-order chi connectivity index (χ1) is 8.15. The molecule has 2 rings (SSSR count). The minimum absolute atomic E-state index is 0.202. The number of aromatic nitrogens is 1. The van der Waals surface area contributed by atoms with Gasteiger partial charge >= 0.3 is 5.97 Å². The molecule has 2 heterocycles. The average Bonchev–Trinajstić information content (AvgIpc) is 2.73. The predicted molar refractivity (Wildman–Crippen MR) is 70.1 cm³/mol. The monoisotopic (exact) mass is 285 g/mol. The molecule has 0 fully saturated rings. The molecule has 0 amide bonds. The van der Waals surface area contributed by atoms with Gasteiger partial charge < -0.3 is 5.11 Å². The van der Waals surface area contributed by atoms with Gasteiger partial charge in [0.15, 0.2) is 0 Å². The smallest absolute Gasteiger partial charge is 0.337 e. The standard InChI is InChI=1S/C11H8ClNO2S2/c12-9-3-2-8(17-9)6-16-10-4-1-7(5-13-10)11(14)15/h1-5H,6H2,(H,14,15). The van der Waals surface area contributed by atoms with Crippen molar-refractivity contribution < 1.29 is 9.90 Å². The molecule has 0 aliphatic rings. The Morgan fingerprint density at radius 1 is 1.41 bits per heavy atom. The lowest BCUT2D eigenvalue weighted by Gasteiger charge is -1.99. The maximum atomic E-state index is 10.6. The average molecular weight is 286 g/mol. The summed E-state index contributed by atoms with van der Waals surface area (Å²) in [6, 6.07) is 7.11. The number of thiophene rings is 1. The van der Waals surface area contributed by atoms with Gasteiger partial charge in [-0.15, -0.1) is 23.1 Å². The Bertz CT molecular complexity index is 525. The lowest BCUT2D eigenvalue weighted by Crippen LogP contribution is -1.96. The molecule has 0 spiro atoms. The second-order valence-electron chi connectivity index (χ2n) is 3.18. The molecule has 88 valence electrons. The maximum absolute atomic E-state index is 10.6. The van der Waals surface area contributed by atoms with Crippen molar-refractivity contribution in [1.29, 1.82) is 0 Å². The molecule has 2 aromatic rings. The fourth-order valence-electron chi connectivity index (χ4n) is 1.17. The van der Waals surface area contributed by atoms with Gasteiger partial charge in [-0.2, -0.15) is 0 Å². The highest BCUT2D eigenvalue weighted by Gasteiger charge is 2.04. The van der Waals surface area contributed by atoms with E-state index in [-0.39, 0.29) is 5.56 Å². The van der Waals surface area contributed by atoms with E-state index in [0.717, 1.165) is 15.1 Å². The minimum atomic E-state index is -0.959. The molecule has 17 heavy (non-hydrogen) atoms. The normalized spacial score (nSPS) is 10.4. The first-order valence-corrected chi connectivity index (χ1v) is 6.89. The highest BCUT2D eigenvalue weighted by Crippen LogP contribution is 2.28. The molecule has 0 atom stereocenters. The largest absolute Gasteiger partial charge is 0.478 e. The van der Waals surface area contributed by atoms with Crippen LogP contribution in [0.2, 0.25) is 4.34 Å². The van der Waals surface area contributed by atoms with E-state index in [1.807, 2.05) is 12.1 Å². The fourth-order valence-corrected chi connectivity index (χ4v) is 3.14. The molecule has 2 aromatic heterocycles. The number of hydrogen-bond acceptors (Lipinski definition) is 4. The van der Waals surface area contributed by atoms with Crippen LogP contribution in [-0.2, 0) is 5.75 Å². The Morgan fingerprint density at radius 3 is 2.76 bits per heavy atom. The van der Waals surface area contributed by atoms with Crippen LogP contribution in [0.1, 0.15) is 15.2 Å². The van der Waals surface area contributed by atoms with Gasteiger partial charge in [0.1, 0.15) is 0 Å². The van der Waals surface area contributed by atoms with Gasteiger partial charge in [-0.25, -0.2) is 9.78 Å². The summed E-state index contributed by atoms with van der Waals surface area (Å²) >= 11 is 8.92. The van der Waals surface area contributed by atoms with E-state index in [9.17, 15) is 4.79 Å². The summed E-state index contributed by atoms with van der Waals surface area (Å²) in [6.45, 7) is 0. The summed E-state index contributed by atoms with van der Waals surface area (Å²) in [5.41, 5.74) is 0.202. The van der Waals surface area contributed by atoms with E-state index >= 15 is 0 Å². The molecule has 0 radical (unpaired) electrons. The number of aromatic carboxylic acids is 1. The number of carboxylic acids is 1. The van der Waals surface area contributed by atoms with Crippen LogP contribution in [0.3, 0.4) is 0 Å². The summed E-state index contributed by atoms with van der Waals surface area (Å²) < 4.78 is 0.773. The van der Waals surface area contributed by atoms with E-state index in [2.05, 4.69) is 4.98 Å². The van der Waals surface area contributed by atoms with Crippen LogP contribution in [-0.4, -0.2) is 16.1 Å². The lowest BCUT2D eigenvalue weighted by molar-refractivity contribution is 0.0696. The number of hydrogen-bond donors (Lipinski definition) is 1. The van der Waals surface area contributed by atoms with Gasteiger partial charge in [0, 0.05) is 16.8 Å². The van der Waals surface area contributed by atoms with E-state index < -0.39 is 5.97 Å². The lowest BCUT2D eigenvalue weighted by atomic mass is 10.3. The Hall–Kier alpha value is -1.04. The molecule has 0 aromatic carbocycles. The maximum Gasteiger partial charge on any atom is 0.337 e. The summed E-state index contributed by atoms with van der Waals surface area (Å²) in [6.07, 6.45) is 1.37. The number of pyridine rings is 1. The van der Waals surface area contributed by atoms with Gasteiger partial charge in [-0.1, -0.05) is 11.6 Å². The number of nitrogens with zero attached hydrogens (tertiary/aromatic N) is 1. The van der Waals surface area contributed by atoms with Crippen molar-refractivity contribution in [3.63, 3.8) is 0 Å². The summed E-state index contributed by atoms with van der Waals surface area (Å²) in [4.78, 5) is 15.9. The number of rotatable bonds is 4. The van der Waals surface area contributed by atoms with E-state index in [1.54, 1.807) is 23.9 Å². The van der Waals surface area contributed by atoms with E-state index in [1.165, 1.54) is 22.4 Å². The predicted octanol–water partition coefficient (Wildman–Crippen LogP) is 3.79. The highest BCUT2D eigenvalue weighted by molar-refractivity contribution is 7.98. The third-order valence-corrected chi connectivity index (χ3v) is 4.38. The van der Waals surface area contributed by atoms with E-state index in [0.29, 0.717) is 0 Å². The molecule has 0 bridgehead atoms. The number of carbonyl (C=O) groups is 1. The van der Waals surface area contributed by atoms with Crippen LogP contribution in [0.5, 0.6) is 0 Å². The molecule has 0 saturated heterocycles. The van der Waals surface area contributed by atoms with Crippen LogP contribution in [0.15, 0.2) is 35.5 Å². The minimum Gasteiger partial charge on any atom is -0.478 e. The Labute approximate surface area is 111 Å². The van der Waals surface area contributed by atoms with Crippen LogP contribution < -0.4 is 0 Å². The summed E-state index contributed by atoms with van der Waals surface area (Å²) in [5.74, 6) is -0.171. The Kier molecular flexibility index (Phi) is 4.04. The van der Waals surface area contributed by atoms with Crippen LogP contribution in [0.4, 0.5) is 0 Å². The van der Waals surface area contributed by atoms with Gasteiger partial charge in [-0.3, -0.25) is 0 Å². The van der Waals surface area contributed by atoms with Crippen LogP contribution in [0.25, 0.3) is 0 Å². The fraction of sp³-hybridized carbons (Fsp3) is 0.0909. The number of carboxylic acid groups (broad SMARTS) is 1. The van der Waals surface area contributed by atoms with Gasteiger partial charge in [0.05, 0.1) is 14.9 Å². The summed E-state index contributed by atoms with van der Waals surface area (Å²) in [5, 5.41) is 9.53. The van der Waals surface area contributed by atoms with Crippen molar-refractivity contribution in [1.82, 2.24) is 4.98 Å². The van der Waals surface area contributed by atoms with Crippen molar-refractivity contribution in [2.75, 3.05) is 0 Å². The van der Waals surface area contributed by atoms with Gasteiger partial charge in [-0.05, 0) is 24.3 Å². The quantitative estimate of drug-likeness (QED) is 0.869. The molecular formula is C11H8ClNO2S2. The molecular weight excluding hydrogens is 278 g/mol. The SMILES string of the molecule is O=C(O)c1ccc(SCc2ccc(Cl)s2)nc1. The van der Waals surface area contributed by atoms with Gasteiger partial charge in [0.2, 0.25) is 0 Å². The molecule has 0 unspecified atom stereocenters. The zero-order chi connectivity index (χ0) is 12.3. The van der Waals surface area contributed by atoms with Crippen molar-refractivity contribution in [2.45, 2.75) is 10.8 Å². The second kappa shape index (κ2) is 5.53. The van der Waals surface area contributed by atoms with Crippen LogP contribution in [0, 0.1) is 0 Å². The topological polar surface area (TPSA) is 50.2 Å². The molecule has 1 N–H and O–H groups in total. The highest BCUT2D eigenvalue weighted by atomic mass is 35.5. The molecule has 0 aliphatic carbocycles. The molecule has 6 heteroatoms. The molecule has 3 nitrogen and oxygen atoms in total. The number of thioether (sulfide) groups is 1. The van der Waals surface area contributed by atoms with Crippen molar-refractivity contribution >= 4 is 40.7 Å². The zero-order valence-corrected chi connectivity index (χ0v) is 11.0. The number of halogens is 1. The van der Waals surface area contributed by atoms with Crippen molar-refractivity contribution in [3.05, 3.63) is 45.2 Å². The zero-order valence-electron chi connectivity index (χ0n) is 8.59. The van der Waals surface area contributed by atoms with Crippen LogP contribution >= 0.6 is 34.7 Å². The second-order valence-corrected chi connectivity index (χ2v) is 5.98. The Balaban J connectivity index is 1.97. The Morgan fingerprint density at radius 2 is 2.24 bits per heavy atom. The van der Waals surface area contributed by atoms with Crippen molar-refractivity contribution in [2.24, 2.45) is 0 Å². The third kappa shape index (κ3) is 3.46. The first kappa shape index (κ1) is 12.4.